The van der Waals surface area contributed by atoms with E-state index in [1.54, 1.807) is 10.6 Å². The molecule has 4 heteroatoms. The molecule has 0 unspecified atom stereocenters. The topological polar surface area (TPSA) is 46.8 Å². The van der Waals surface area contributed by atoms with E-state index in [9.17, 15) is 5.11 Å². The Labute approximate surface area is 80.0 Å². The minimum Gasteiger partial charge on any atom is -0.481 e. The zero-order valence-electron chi connectivity index (χ0n) is 7.34. The van der Waals surface area contributed by atoms with Gasteiger partial charge in [0.25, 0.3) is 5.95 Å². The molecule has 70 valence electrons. The third kappa shape index (κ3) is 0.907. The van der Waals surface area contributed by atoms with Gasteiger partial charge in [0.2, 0.25) is 0 Å². The first-order valence-electron chi connectivity index (χ1n) is 4.34. The summed E-state index contributed by atoms with van der Waals surface area (Å²) in [6.07, 6.45) is 3.47. The zero-order chi connectivity index (χ0) is 9.54. The number of hydrogen-bond acceptors (Lipinski definition) is 3. The van der Waals surface area contributed by atoms with Gasteiger partial charge in [-0.05, 0) is 12.1 Å². The highest BCUT2D eigenvalue weighted by atomic mass is 16.6. The highest BCUT2D eigenvalue weighted by Crippen LogP contribution is 2.23. The molecule has 0 saturated carbocycles. The molecule has 3 rings (SSSR count). The van der Waals surface area contributed by atoms with Gasteiger partial charge in [-0.1, -0.05) is 6.07 Å². The summed E-state index contributed by atoms with van der Waals surface area (Å²) >= 11 is 0. The number of aromatic nitrogens is 2. The molecule has 0 radical (unpaired) electrons. The Kier molecular flexibility index (Phi) is 1.33. The molecule has 0 fully saturated rings. The van der Waals surface area contributed by atoms with Crippen molar-refractivity contribution >= 4 is 11.6 Å². The summed E-state index contributed by atoms with van der Waals surface area (Å²) < 4.78 is 6.76. The van der Waals surface area contributed by atoms with Crippen LogP contribution in [0.1, 0.15) is 11.3 Å². The maximum atomic E-state index is 9.24. The van der Waals surface area contributed by atoms with Crippen molar-refractivity contribution in [1.29, 1.82) is 0 Å². The lowest BCUT2D eigenvalue weighted by atomic mass is 10.2. The van der Waals surface area contributed by atoms with Crippen molar-refractivity contribution in [3.8, 4) is 0 Å². The van der Waals surface area contributed by atoms with Crippen molar-refractivity contribution < 1.29 is 9.84 Å². The predicted octanol–water partition coefficient (Wildman–Crippen LogP) is 1.72. The van der Waals surface area contributed by atoms with Gasteiger partial charge in [-0.15, -0.1) is 0 Å². The van der Waals surface area contributed by atoms with Gasteiger partial charge in [-0.2, -0.15) is 5.10 Å². The predicted molar refractivity (Wildman–Crippen MR) is 50.6 cm³/mol. The number of aliphatic hydroxyl groups is 1. The highest BCUT2D eigenvalue weighted by Gasteiger charge is 2.16. The molecule has 4 nitrogen and oxygen atoms in total. The molecule has 0 amide bonds. The number of aliphatic hydroxyl groups excluding tert-OH is 1. The summed E-state index contributed by atoms with van der Waals surface area (Å²) in [7, 11) is 0. The van der Waals surface area contributed by atoms with Crippen LogP contribution in [0.25, 0.3) is 11.6 Å². The largest absolute Gasteiger partial charge is 0.481 e. The van der Waals surface area contributed by atoms with Crippen molar-refractivity contribution in [2.45, 2.75) is 6.61 Å². The quantitative estimate of drug-likeness (QED) is 0.684. The summed E-state index contributed by atoms with van der Waals surface area (Å²) in [5.41, 5.74) is 2.78. The Morgan fingerprint density at radius 1 is 1.43 bits per heavy atom. The second-order valence-corrected chi connectivity index (χ2v) is 3.16. The van der Waals surface area contributed by atoms with E-state index in [0.29, 0.717) is 6.61 Å². The van der Waals surface area contributed by atoms with Crippen LogP contribution in [0, 0.1) is 0 Å². The second-order valence-electron chi connectivity index (χ2n) is 3.16. The van der Waals surface area contributed by atoms with Gasteiger partial charge in [0, 0.05) is 17.8 Å². The molecule has 14 heavy (non-hydrogen) atoms. The van der Waals surface area contributed by atoms with Crippen LogP contribution in [0.2, 0.25) is 0 Å². The number of rotatable bonds is 0. The van der Waals surface area contributed by atoms with Gasteiger partial charge in [-0.3, -0.25) is 0 Å². The maximum Gasteiger partial charge on any atom is 0.277 e. The molecule has 1 aliphatic rings. The fraction of sp³-hybridized carbons (Fsp3) is 0.100. The lowest BCUT2D eigenvalue weighted by Gasteiger charge is -2.08. The Balaban J connectivity index is 2.37. The van der Waals surface area contributed by atoms with E-state index in [2.05, 4.69) is 5.10 Å². The average molecular weight is 188 g/mol. The van der Waals surface area contributed by atoms with E-state index < -0.39 is 0 Å². The van der Waals surface area contributed by atoms with Crippen molar-refractivity contribution in [2.24, 2.45) is 0 Å². The molecule has 2 aromatic rings. The van der Waals surface area contributed by atoms with Crippen LogP contribution in [0.4, 0.5) is 0 Å². The lowest BCUT2D eigenvalue weighted by molar-refractivity contribution is 0.0813. The minimum atomic E-state index is -0.0451. The number of pyridine rings is 1. The molecule has 0 spiro atoms. The highest BCUT2D eigenvalue weighted by molar-refractivity contribution is 5.72. The lowest BCUT2D eigenvalue weighted by Crippen LogP contribution is -2.00. The van der Waals surface area contributed by atoms with E-state index >= 15 is 0 Å². The van der Waals surface area contributed by atoms with E-state index in [-0.39, 0.29) is 5.95 Å². The van der Waals surface area contributed by atoms with E-state index in [1.165, 1.54) is 0 Å². The van der Waals surface area contributed by atoms with Crippen molar-refractivity contribution in [2.75, 3.05) is 0 Å². The van der Waals surface area contributed by atoms with Gasteiger partial charge >= 0.3 is 0 Å². The first kappa shape index (κ1) is 7.44. The number of hydrogen-bond donors (Lipinski definition) is 1. The molecule has 0 atom stereocenters. The number of fused-ring (bicyclic) bond motifs is 3. The Morgan fingerprint density at radius 2 is 2.36 bits per heavy atom. The standard InChI is InChI=1S/C10H8N2O2/c13-10-5-7-8(6-14-10)11-12-4-2-1-3-9(7)12/h1-5,13H,6H2. The number of nitrogens with zero attached hydrogens (tertiary/aromatic N) is 2. The van der Waals surface area contributed by atoms with Gasteiger partial charge in [0.15, 0.2) is 0 Å². The Hall–Kier alpha value is -1.97. The molecule has 2 aromatic heterocycles. The molecule has 0 aliphatic carbocycles. The van der Waals surface area contributed by atoms with Gasteiger partial charge < -0.3 is 9.84 Å². The van der Waals surface area contributed by atoms with Crippen LogP contribution >= 0.6 is 0 Å². The fourth-order valence-electron chi connectivity index (χ4n) is 1.64. The third-order valence-corrected chi connectivity index (χ3v) is 2.28. The molecule has 0 aromatic carbocycles. The average Bonchev–Trinajstić information content (AvgIpc) is 2.56. The van der Waals surface area contributed by atoms with Crippen LogP contribution < -0.4 is 0 Å². The molecule has 0 saturated heterocycles. The first-order chi connectivity index (χ1) is 6.84. The second kappa shape index (κ2) is 2.51. The van der Waals surface area contributed by atoms with Crippen molar-refractivity contribution in [3.63, 3.8) is 0 Å². The normalized spacial score (nSPS) is 14.7. The van der Waals surface area contributed by atoms with Gasteiger partial charge in [0.1, 0.15) is 12.3 Å². The summed E-state index contributed by atoms with van der Waals surface area (Å²) in [6, 6.07) is 5.81. The zero-order valence-corrected chi connectivity index (χ0v) is 7.34. The fourth-order valence-corrected chi connectivity index (χ4v) is 1.64. The minimum absolute atomic E-state index is 0.0451. The Morgan fingerprint density at radius 3 is 3.29 bits per heavy atom. The smallest absolute Gasteiger partial charge is 0.277 e. The monoisotopic (exact) mass is 188 g/mol. The van der Waals surface area contributed by atoms with Crippen LogP contribution in [-0.2, 0) is 11.3 Å². The summed E-state index contributed by atoms with van der Waals surface area (Å²) in [6.45, 7) is 0.333. The van der Waals surface area contributed by atoms with E-state index in [1.807, 2.05) is 24.4 Å². The summed E-state index contributed by atoms with van der Waals surface area (Å²) in [5, 5.41) is 13.6. The molecule has 1 N–H and O–H groups in total. The van der Waals surface area contributed by atoms with Crippen LogP contribution in [0.3, 0.4) is 0 Å². The SMILES string of the molecule is OC1=Cc2c(nn3ccccc23)CO1. The van der Waals surface area contributed by atoms with Crippen molar-refractivity contribution in [1.82, 2.24) is 9.61 Å². The third-order valence-electron chi connectivity index (χ3n) is 2.28. The van der Waals surface area contributed by atoms with Gasteiger partial charge in [-0.25, -0.2) is 4.52 Å². The molecular weight excluding hydrogens is 180 g/mol. The molecule has 3 heterocycles. The van der Waals surface area contributed by atoms with Crippen LogP contribution in [0.5, 0.6) is 0 Å². The maximum absolute atomic E-state index is 9.24. The first-order valence-corrected chi connectivity index (χ1v) is 4.34. The van der Waals surface area contributed by atoms with E-state index in [4.69, 9.17) is 4.74 Å². The van der Waals surface area contributed by atoms with E-state index in [0.717, 1.165) is 16.8 Å². The summed E-state index contributed by atoms with van der Waals surface area (Å²) in [5.74, 6) is -0.0451. The summed E-state index contributed by atoms with van der Waals surface area (Å²) in [4.78, 5) is 0. The molecular formula is C10H8N2O2. The van der Waals surface area contributed by atoms with Crippen LogP contribution in [-0.4, -0.2) is 14.7 Å². The van der Waals surface area contributed by atoms with Crippen LogP contribution in [0.15, 0.2) is 30.3 Å². The molecule has 1 aliphatic heterocycles. The number of ether oxygens (including phenoxy) is 1. The Bertz CT molecular complexity index is 528. The molecule has 0 bridgehead atoms. The van der Waals surface area contributed by atoms with Crippen molar-refractivity contribution in [3.05, 3.63) is 41.6 Å². The van der Waals surface area contributed by atoms with Gasteiger partial charge in [0.05, 0.1) is 5.52 Å².